The van der Waals surface area contributed by atoms with Crippen molar-refractivity contribution in [2.45, 2.75) is 19.3 Å². The Kier molecular flexibility index (Phi) is 7.54. The zero-order valence-electron chi connectivity index (χ0n) is 21.1. The Balaban J connectivity index is 1.59. The summed E-state index contributed by atoms with van der Waals surface area (Å²) < 4.78 is 20.1. The normalized spacial score (nSPS) is 13.7. The van der Waals surface area contributed by atoms with Crippen LogP contribution >= 0.6 is 0 Å². The lowest BCUT2D eigenvalue weighted by Crippen LogP contribution is -2.29. The lowest BCUT2D eigenvalue weighted by molar-refractivity contribution is -0.189. The van der Waals surface area contributed by atoms with E-state index in [0.29, 0.717) is 28.4 Å². The van der Waals surface area contributed by atoms with Crippen LogP contribution in [0.3, 0.4) is 0 Å². The van der Waals surface area contributed by atoms with Crippen LogP contribution in [-0.4, -0.2) is 52.7 Å². The van der Waals surface area contributed by atoms with Gasteiger partial charge in [-0.15, -0.1) is 0 Å². The summed E-state index contributed by atoms with van der Waals surface area (Å²) in [5.74, 6) is 2.17. The summed E-state index contributed by atoms with van der Waals surface area (Å²) in [5.41, 5.74) is 8.82. The Morgan fingerprint density at radius 3 is 2.73 bits per heavy atom. The average molecular weight is 499 g/mol. The topological polar surface area (TPSA) is 112 Å². The molecule has 0 aliphatic carbocycles. The van der Waals surface area contributed by atoms with Crippen molar-refractivity contribution in [3.8, 4) is 17.0 Å². The van der Waals surface area contributed by atoms with Gasteiger partial charge in [-0.2, -0.15) is 4.94 Å². The lowest BCUT2D eigenvalue weighted by Gasteiger charge is -2.15. The van der Waals surface area contributed by atoms with Gasteiger partial charge in [0, 0.05) is 48.2 Å². The van der Waals surface area contributed by atoms with Gasteiger partial charge >= 0.3 is 0 Å². The number of ether oxygens (including phenoxy) is 1. The van der Waals surface area contributed by atoms with E-state index in [4.69, 9.17) is 23.3 Å². The van der Waals surface area contributed by atoms with Crippen LogP contribution in [0.25, 0.3) is 27.7 Å². The molecule has 2 radical (unpaired) electrons. The molecule has 3 N–H and O–H groups in total. The number of pyridine rings is 2. The Morgan fingerprint density at radius 2 is 2.05 bits per heavy atom. The van der Waals surface area contributed by atoms with Crippen molar-refractivity contribution in [3.63, 3.8) is 0 Å². The molecule has 4 rings (SSSR count). The maximum Gasteiger partial charge on any atom is 0.143 e. The second-order valence-corrected chi connectivity index (χ2v) is 8.73. The van der Waals surface area contributed by atoms with Crippen LogP contribution in [-0.2, 0) is 12.0 Å². The van der Waals surface area contributed by atoms with Gasteiger partial charge in [-0.3, -0.25) is 4.99 Å². The van der Waals surface area contributed by atoms with Gasteiger partial charge in [0.25, 0.3) is 0 Å². The van der Waals surface area contributed by atoms with Crippen molar-refractivity contribution in [2.75, 3.05) is 19.0 Å². The molecule has 1 aromatic carbocycles. The van der Waals surface area contributed by atoms with Crippen LogP contribution < -0.4 is 15.8 Å². The molecule has 0 aliphatic rings. The van der Waals surface area contributed by atoms with Gasteiger partial charge in [0.15, 0.2) is 0 Å². The van der Waals surface area contributed by atoms with E-state index in [9.17, 15) is 4.53 Å². The minimum atomic E-state index is -1.52. The van der Waals surface area contributed by atoms with Crippen molar-refractivity contribution < 1.29 is 14.2 Å². The number of imidazole rings is 1. The number of hydrogen-bond acceptors (Lipinski definition) is 8. The molecule has 0 aliphatic heterocycles. The van der Waals surface area contributed by atoms with Crippen LogP contribution in [0.1, 0.15) is 18.4 Å². The number of hydrogen-bond donors (Lipinski definition) is 2. The monoisotopic (exact) mass is 499 g/mol. The number of nitrogens with zero attached hydrogens (tertiary/aromatic N) is 5. The number of rotatable bonds is 9. The van der Waals surface area contributed by atoms with Crippen molar-refractivity contribution in [2.24, 2.45) is 17.8 Å². The Hall–Kier alpha value is -4.25. The van der Waals surface area contributed by atoms with Crippen LogP contribution in [0.2, 0.25) is 0 Å². The number of nitrogens with one attached hydrogen (secondary N) is 1. The van der Waals surface area contributed by atoms with Crippen LogP contribution in [0.5, 0.6) is 5.75 Å². The van der Waals surface area contributed by atoms with Gasteiger partial charge in [-0.25, -0.2) is 15.0 Å². The molecule has 9 nitrogen and oxygen atoms in total. The number of benzene rings is 1. The highest BCUT2D eigenvalue weighted by atomic mass is 19.3. The molecule has 3 heterocycles. The van der Waals surface area contributed by atoms with E-state index in [1.807, 2.05) is 55.1 Å². The standard InChI is InChI=1S/C26H27BFN7O2/c1-16-31-14-23(35(16)3)17-5-8-21(24(9-17)36-4)34-25-10-22-18(13-32-25)6-7-20(33-22)19(11-29)12-30-15-26(2,27)37-28/h5-14H,15,29H2,1-4H3,(H,32,34). The number of aromatic nitrogens is 4. The van der Waals surface area contributed by atoms with E-state index in [0.717, 1.165) is 28.2 Å². The van der Waals surface area contributed by atoms with E-state index in [1.165, 1.54) is 19.3 Å². The molecule has 37 heavy (non-hydrogen) atoms. The first-order valence-electron chi connectivity index (χ1n) is 11.5. The summed E-state index contributed by atoms with van der Waals surface area (Å²) >= 11 is 0. The number of nitrogens with two attached hydrogens (primary N) is 1. The first-order valence-corrected chi connectivity index (χ1v) is 11.5. The molecule has 0 saturated carbocycles. The summed E-state index contributed by atoms with van der Waals surface area (Å²) in [7, 11) is 9.19. The highest BCUT2D eigenvalue weighted by Crippen LogP contribution is 2.33. The Morgan fingerprint density at radius 1 is 1.24 bits per heavy atom. The molecule has 4 aromatic rings. The second-order valence-electron chi connectivity index (χ2n) is 8.73. The lowest BCUT2D eigenvalue weighted by atomic mass is 9.84. The van der Waals surface area contributed by atoms with Crippen LogP contribution in [0.4, 0.5) is 16.0 Å². The van der Waals surface area contributed by atoms with Crippen molar-refractivity contribution in [1.29, 1.82) is 0 Å². The molecule has 0 bridgehead atoms. The quantitative estimate of drug-likeness (QED) is 0.262. The maximum atomic E-state index is 12.5. The molecule has 1 unspecified atom stereocenters. The fourth-order valence-corrected chi connectivity index (χ4v) is 3.65. The molecule has 0 amide bonds. The SMILES string of the molecule is [B]C(C)(CN=CC(=CN)c1ccc2cnc(Nc3ccc(-c4cnc(C)n4C)cc3OC)cc2n1)OF. The number of aryl methyl sites for hydroxylation is 1. The molecule has 0 fully saturated rings. The third-order valence-corrected chi connectivity index (χ3v) is 5.84. The first-order chi connectivity index (χ1) is 17.7. The second kappa shape index (κ2) is 10.8. The highest BCUT2D eigenvalue weighted by Gasteiger charge is 2.18. The molecule has 0 spiro atoms. The molecule has 0 saturated heterocycles. The summed E-state index contributed by atoms with van der Waals surface area (Å²) in [4.78, 5) is 21.4. The smallest absolute Gasteiger partial charge is 0.143 e. The minimum absolute atomic E-state index is 0.0900. The third kappa shape index (κ3) is 5.78. The molecule has 188 valence electrons. The van der Waals surface area contributed by atoms with Gasteiger partial charge < -0.3 is 20.4 Å². The zero-order chi connectivity index (χ0) is 26.6. The van der Waals surface area contributed by atoms with Gasteiger partial charge in [-0.05, 0) is 42.6 Å². The van der Waals surface area contributed by atoms with Crippen molar-refractivity contribution in [1.82, 2.24) is 19.5 Å². The van der Waals surface area contributed by atoms with E-state index in [2.05, 4.69) is 25.2 Å². The van der Waals surface area contributed by atoms with Gasteiger partial charge in [0.2, 0.25) is 0 Å². The number of halogens is 1. The molecule has 11 heteroatoms. The summed E-state index contributed by atoms with van der Waals surface area (Å²) in [6.07, 6.45) is 6.42. The Labute approximate surface area is 215 Å². The summed E-state index contributed by atoms with van der Waals surface area (Å²) in [6.45, 7) is 3.25. The number of anilines is 2. The van der Waals surface area contributed by atoms with Crippen molar-refractivity contribution >= 4 is 42.0 Å². The summed E-state index contributed by atoms with van der Waals surface area (Å²) in [5, 5.41) is 4.15. The average Bonchev–Trinajstić information content (AvgIpc) is 3.24. The number of methoxy groups -OCH3 is 1. The molecule has 3 aromatic heterocycles. The maximum absolute atomic E-state index is 12.5. The zero-order valence-corrected chi connectivity index (χ0v) is 21.1. The van der Waals surface area contributed by atoms with E-state index < -0.39 is 5.50 Å². The predicted molar refractivity (Wildman–Crippen MR) is 145 cm³/mol. The highest BCUT2D eigenvalue weighted by molar-refractivity contribution is 6.14. The molecular weight excluding hydrogens is 472 g/mol. The van der Waals surface area contributed by atoms with Crippen LogP contribution in [0, 0.1) is 6.92 Å². The van der Waals surface area contributed by atoms with E-state index in [1.54, 1.807) is 19.4 Å². The van der Waals surface area contributed by atoms with Gasteiger partial charge in [0.05, 0.1) is 47.9 Å². The van der Waals surface area contributed by atoms with Crippen molar-refractivity contribution in [3.05, 3.63) is 66.5 Å². The fraction of sp³-hybridized carbons (Fsp3) is 0.231. The van der Waals surface area contributed by atoms with Crippen LogP contribution in [0.15, 0.2) is 60.0 Å². The largest absolute Gasteiger partial charge is 0.495 e. The van der Waals surface area contributed by atoms with Gasteiger partial charge in [0.1, 0.15) is 25.2 Å². The third-order valence-electron chi connectivity index (χ3n) is 5.84. The first kappa shape index (κ1) is 25.8. The van der Waals surface area contributed by atoms with E-state index in [-0.39, 0.29) is 6.54 Å². The van der Waals surface area contributed by atoms with E-state index >= 15 is 0 Å². The van der Waals surface area contributed by atoms with Gasteiger partial charge in [-0.1, -0.05) is 6.07 Å². The fourth-order valence-electron chi connectivity index (χ4n) is 3.65. The summed E-state index contributed by atoms with van der Waals surface area (Å²) in [6, 6.07) is 11.4. The Bertz CT molecular complexity index is 1480. The number of fused-ring (bicyclic) bond motifs is 1. The molecular formula is C26H27BFN7O2. The number of aliphatic imine (C=N–C) groups is 1. The predicted octanol–water partition coefficient (Wildman–Crippen LogP) is 4.25. The molecule has 1 atom stereocenters. The minimum Gasteiger partial charge on any atom is -0.495 e. The number of allylic oxidation sites excluding steroid dienone is 1.